The van der Waals surface area contributed by atoms with Gasteiger partial charge in [0, 0.05) is 6.07 Å². The average Bonchev–Trinajstić information content (AvgIpc) is 2.57. The molecule has 0 heterocycles. The van der Waals surface area contributed by atoms with Crippen molar-refractivity contribution in [2.24, 2.45) is 5.73 Å². The Morgan fingerprint density at radius 3 is 2.25 bits per heavy atom. The van der Waals surface area contributed by atoms with Gasteiger partial charge in [-0.25, -0.2) is 8.78 Å². The van der Waals surface area contributed by atoms with Crippen molar-refractivity contribution in [1.82, 2.24) is 0 Å². The maximum atomic E-state index is 13.2. The molecule has 0 spiro atoms. The van der Waals surface area contributed by atoms with Gasteiger partial charge in [0.15, 0.2) is 11.6 Å². The molecular weight excluding hydrogens is 312 g/mol. The fraction of sp³-hybridized carbons (Fsp3) is 0.158. The second-order valence-corrected chi connectivity index (χ2v) is 5.98. The molecule has 3 rings (SSSR count). The van der Waals surface area contributed by atoms with E-state index in [9.17, 15) is 13.9 Å². The Bertz CT molecular complexity index is 894. The lowest BCUT2D eigenvalue weighted by molar-refractivity contribution is 0.210. The highest BCUT2D eigenvalue weighted by molar-refractivity contribution is 5.84. The zero-order valence-corrected chi connectivity index (χ0v) is 13.1. The van der Waals surface area contributed by atoms with Crippen molar-refractivity contribution >= 4 is 10.8 Å². The van der Waals surface area contributed by atoms with E-state index in [4.69, 9.17) is 10.5 Å². The van der Waals surface area contributed by atoms with Crippen molar-refractivity contribution in [2.45, 2.75) is 12.5 Å². The van der Waals surface area contributed by atoms with Crippen LogP contribution in [0.25, 0.3) is 10.8 Å². The third-order valence-electron chi connectivity index (χ3n) is 3.93. The standard InChI is InChI=1S/C19H17F2NO2/c1-19(22,11-23)14-4-2-13-9-15(5-3-12(13)8-14)24-16-6-7-17(20)18(21)10-16/h2-10,23H,11,22H2,1H3/t19-/m0/s1. The SMILES string of the molecule is C[C@](N)(CO)c1ccc2cc(Oc3ccc(F)c(F)c3)ccc2c1. The summed E-state index contributed by atoms with van der Waals surface area (Å²) in [6, 6.07) is 14.4. The molecule has 1 atom stereocenters. The van der Waals surface area contributed by atoms with E-state index in [2.05, 4.69) is 0 Å². The first kappa shape index (κ1) is 16.4. The van der Waals surface area contributed by atoms with Crippen LogP contribution in [0.5, 0.6) is 11.5 Å². The number of aliphatic hydroxyl groups excluding tert-OH is 1. The molecule has 3 nitrogen and oxygen atoms in total. The summed E-state index contributed by atoms with van der Waals surface area (Å²) in [4.78, 5) is 0. The van der Waals surface area contributed by atoms with Gasteiger partial charge in [-0.2, -0.15) is 0 Å². The van der Waals surface area contributed by atoms with E-state index in [0.29, 0.717) is 5.75 Å². The smallest absolute Gasteiger partial charge is 0.162 e. The third kappa shape index (κ3) is 3.22. The normalized spacial score (nSPS) is 13.7. The molecule has 0 fully saturated rings. The van der Waals surface area contributed by atoms with Gasteiger partial charge in [-0.3, -0.25) is 0 Å². The molecule has 124 valence electrons. The Labute approximate surface area is 138 Å². The van der Waals surface area contributed by atoms with E-state index < -0.39 is 17.2 Å². The van der Waals surface area contributed by atoms with Gasteiger partial charge in [0.2, 0.25) is 0 Å². The van der Waals surface area contributed by atoms with E-state index in [-0.39, 0.29) is 12.4 Å². The summed E-state index contributed by atoms with van der Waals surface area (Å²) in [6.45, 7) is 1.60. The van der Waals surface area contributed by atoms with Crippen LogP contribution in [0.4, 0.5) is 8.78 Å². The van der Waals surface area contributed by atoms with Crippen LogP contribution in [0, 0.1) is 11.6 Å². The monoisotopic (exact) mass is 329 g/mol. The molecule has 0 amide bonds. The lowest BCUT2D eigenvalue weighted by Gasteiger charge is -2.22. The maximum absolute atomic E-state index is 13.2. The molecular formula is C19H17F2NO2. The molecule has 5 heteroatoms. The first-order valence-electron chi connectivity index (χ1n) is 7.46. The van der Waals surface area contributed by atoms with Crippen LogP contribution in [0.15, 0.2) is 54.6 Å². The van der Waals surface area contributed by atoms with Gasteiger partial charge >= 0.3 is 0 Å². The summed E-state index contributed by atoms with van der Waals surface area (Å²) in [5.41, 5.74) is 6.06. The molecule has 0 aliphatic rings. The Kier molecular flexibility index (Phi) is 4.22. The van der Waals surface area contributed by atoms with Crippen molar-refractivity contribution in [1.29, 1.82) is 0 Å². The molecule has 0 aromatic heterocycles. The molecule has 3 aromatic carbocycles. The second kappa shape index (κ2) is 6.19. The summed E-state index contributed by atoms with van der Waals surface area (Å²) >= 11 is 0. The molecule has 0 aliphatic carbocycles. The zero-order valence-electron chi connectivity index (χ0n) is 13.1. The number of ether oxygens (including phenoxy) is 1. The van der Waals surface area contributed by atoms with Crippen molar-refractivity contribution in [3.63, 3.8) is 0 Å². The van der Waals surface area contributed by atoms with Gasteiger partial charge in [-0.05, 0) is 53.6 Å². The minimum absolute atomic E-state index is 0.157. The Balaban J connectivity index is 1.91. The topological polar surface area (TPSA) is 55.5 Å². The summed E-state index contributed by atoms with van der Waals surface area (Å²) in [5.74, 6) is -1.13. The number of fused-ring (bicyclic) bond motifs is 1. The predicted molar refractivity (Wildman–Crippen MR) is 89.0 cm³/mol. The van der Waals surface area contributed by atoms with Gasteiger partial charge in [-0.1, -0.05) is 18.2 Å². The number of rotatable bonds is 4. The second-order valence-electron chi connectivity index (χ2n) is 5.98. The Morgan fingerprint density at radius 1 is 0.917 bits per heavy atom. The van der Waals surface area contributed by atoms with Crippen LogP contribution in [0.3, 0.4) is 0 Å². The van der Waals surface area contributed by atoms with Gasteiger partial charge < -0.3 is 15.6 Å². The molecule has 0 saturated heterocycles. The number of aliphatic hydroxyl groups is 1. The molecule has 3 N–H and O–H groups in total. The minimum Gasteiger partial charge on any atom is -0.457 e. The first-order chi connectivity index (χ1) is 11.4. The molecule has 3 aromatic rings. The fourth-order valence-electron chi connectivity index (χ4n) is 2.41. The highest BCUT2D eigenvalue weighted by atomic mass is 19.2. The Hall–Kier alpha value is -2.50. The molecule has 0 aliphatic heterocycles. The fourth-order valence-corrected chi connectivity index (χ4v) is 2.41. The quantitative estimate of drug-likeness (QED) is 0.758. The van der Waals surface area contributed by atoms with Crippen LogP contribution in [0.1, 0.15) is 12.5 Å². The number of benzene rings is 3. The highest BCUT2D eigenvalue weighted by Gasteiger charge is 2.20. The van der Waals surface area contributed by atoms with E-state index >= 15 is 0 Å². The number of nitrogens with two attached hydrogens (primary N) is 1. The van der Waals surface area contributed by atoms with Crippen LogP contribution in [0.2, 0.25) is 0 Å². The number of hydrogen-bond donors (Lipinski definition) is 2. The first-order valence-corrected chi connectivity index (χ1v) is 7.46. The van der Waals surface area contributed by atoms with Crippen LogP contribution < -0.4 is 10.5 Å². The van der Waals surface area contributed by atoms with E-state index in [1.54, 1.807) is 19.1 Å². The van der Waals surface area contributed by atoms with Crippen molar-refractivity contribution in [3.8, 4) is 11.5 Å². The molecule has 0 bridgehead atoms. The Morgan fingerprint density at radius 2 is 1.54 bits per heavy atom. The van der Waals surface area contributed by atoms with Crippen LogP contribution >= 0.6 is 0 Å². The minimum atomic E-state index is -0.954. The van der Waals surface area contributed by atoms with Crippen molar-refractivity contribution in [3.05, 3.63) is 71.8 Å². The summed E-state index contributed by atoms with van der Waals surface area (Å²) in [5, 5.41) is 11.2. The molecule has 0 radical (unpaired) electrons. The average molecular weight is 329 g/mol. The van der Waals surface area contributed by atoms with Gasteiger partial charge in [0.1, 0.15) is 11.5 Å². The van der Waals surface area contributed by atoms with Crippen molar-refractivity contribution < 1.29 is 18.6 Å². The van der Waals surface area contributed by atoms with Gasteiger partial charge in [0.25, 0.3) is 0 Å². The summed E-state index contributed by atoms with van der Waals surface area (Å²) in [6.07, 6.45) is 0. The van der Waals surface area contributed by atoms with E-state index in [0.717, 1.165) is 28.5 Å². The van der Waals surface area contributed by atoms with E-state index in [1.165, 1.54) is 6.07 Å². The van der Waals surface area contributed by atoms with Crippen LogP contribution in [-0.2, 0) is 5.54 Å². The molecule has 24 heavy (non-hydrogen) atoms. The highest BCUT2D eigenvalue weighted by Crippen LogP contribution is 2.29. The van der Waals surface area contributed by atoms with Crippen LogP contribution in [-0.4, -0.2) is 11.7 Å². The third-order valence-corrected chi connectivity index (χ3v) is 3.93. The maximum Gasteiger partial charge on any atom is 0.162 e. The predicted octanol–water partition coefficient (Wildman–Crippen LogP) is 4.08. The van der Waals surface area contributed by atoms with Gasteiger partial charge in [0.05, 0.1) is 12.1 Å². The molecule has 0 unspecified atom stereocenters. The lowest BCUT2D eigenvalue weighted by Crippen LogP contribution is -2.36. The van der Waals surface area contributed by atoms with E-state index in [1.807, 2.05) is 24.3 Å². The summed E-state index contributed by atoms with van der Waals surface area (Å²) < 4.78 is 31.8. The molecule has 0 saturated carbocycles. The number of halogens is 2. The van der Waals surface area contributed by atoms with Gasteiger partial charge in [-0.15, -0.1) is 0 Å². The zero-order chi connectivity index (χ0) is 17.3. The van der Waals surface area contributed by atoms with Crippen molar-refractivity contribution in [2.75, 3.05) is 6.61 Å². The number of hydrogen-bond acceptors (Lipinski definition) is 3. The largest absolute Gasteiger partial charge is 0.457 e. The lowest BCUT2D eigenvalue weighted by atomic mass is 9.92. The summed E-state index contributed by atoms with van der Waals surface area (Å²) in [7, 11) is 0.